The fourth-order valence-electron chi connectivity index (χ4n) is 2.89. The second kappa shape index (κ2) is 9.78. The van der Waals surface area contributed by atoms with Crippen molar-refractivity contribution in [2.75, 3.05) is 32.7 Å². The second-order valence-electron chi connectivity index (χ2n) is 7.71. The van der Waals surface area contributed by atoms with Crippen molar-refractivity contribution in [3.8, 4) is 0 Å². The maximum Gasteiger partial charge on any atom is 0.407 e. The Morgan fingerprint density at radius 1 is 1.04 bits per heavy atom. The van der Waals surface area contributed by atoms with Gasteiger partial charge in [-0.15, -0.1) is 0 Å². The summed E-state index contributed by atoms with van der Waals surface area (Å²) in [7, 11) is 0. The van der Waals surface area contributed by atoms with Gasteiger partial charge in [0.1, 0.15) is 5.60 Å². The Hall–Kier alpha value is -2.28. The molecule has 0 aromatic heterocycles. The Kier molecular flexibility index (Phi) is 7.69. The number of nitrogens with one attached hydrogen (secondary N) is 1. The molecule has 1 N–H and O–H groups in total. The summed E-state index contributed by atoms with van der Waals surface area (Å²) in [6, 6.07) is 6.81. The molecule has 1 heterocycles. The summed E-state index contributed by atoms with van der Waals surface area (Å²) < 4.78 is 5.15. The molecule has 1 aromatic carbocycles. The van der Waals surface area contributed by atoms with Gasteiger partial charge in [-0.2, -0.15) is 0 Å². The highest BCUT2D eigenvalue weighted by Gasteiger charge is 2.23. The van der Waals surface area contributed by atoms with E-state index in [0.717, 1.165) is 0 Å². The van der Waals surface area contributed by atoms with Crippen LogP contribution in [0.1, 0.15) is 44.0 Å². The first-order valence-electron chi connectivity index (χ1n) is 9.45. The lowest BCUT2D eigenvalue weighted by Gasteiger charge is -2.23. The first-order valence-corrected chi connectivity index (χ1v) is 9.83. The first kappa shape index (κ1) is 22.0. The monoisotopic (exact) mass is 409 g/mol. The van der Waals surface area contributed by atoms with Gasteiger partial charge in [0.25, 0.3) is 5.91 Å². The summed E-state index contributed by atoms with van der Waals surface area (Å²) in [5.41, 5.74) is 0.0182. The predicted molar refractivity (Wildman–Crippen MR) is 107 cm³/mol. The van der Waals surface area contributed by atoms with Crippen molar-refractivity contribution < 1.29 is 19.1 Å². The lowest BCUT2D eigenvalue weighted by atomic mass is 10.2. The smallest absolute Gasteiger partial charge is 0.407 e. The van der Waals surface area contributed by atoms with Gasteiger partial charge >= 0.3 is 6.09 Å². The molecule has 3 amide bonds. The van der Waals surface area contributed by atoms with Gasteiger partial charge in [0.05, 0.1) is 0 Å². The number of ether oxygens (including phenoxy) is 1. The van der Waals surface area contributed by atoms with Gasteiger partial charge in [0.15, 0.2) is 0 Å². The molecule has 2 rings (SSSR count). The predicted octanol–water partition coefficient (Wildman–Crippen LogP) is 2.93. The van der Waals surface area contributed by atoms with Crippen molar-refractivity contribution in [1.82, 2.24) is 15.1 Å². The van der Waals surface area contributed by atoms with E-state index in [9.17, 15) is 14.4 Å². The van der Waals surface area contributed by atoms with Gasteiger partial charge < -0.3 is 19.9 Å². The van der Waals surface area contributed by atoms with Crippen molar-refractivity contribution >= 4 is 29.5 Å². The molecule has 0 bridgehead atoms. The third kappa shape index (κ3) is 7.03. The number of halogens is 1. The largest absolute Gasteiger partial charge is 0.444 e. The summed E-state index contributed by atoms with van der Waals surface area (Å²) in [4.78, 5) is 40.2. The molecule has 0 spiro atoms. The zero-order valence-corrected chi connectivity index (χ0v) is 17.4. The van der Waals surface area contributed by atoms with E-state index in [1.54, 1.807) is 54.8 Å². The van der Waals surface area contributed by atoms with Gasteiger partial charge in [-0.3, -0.25) is 9.59 Å². The Labute approximate surface area is 171 Å². The fourth-order valence-corrected chi connectivity index (χ4v) is 3.01. The normalized spacial score (nSPS) is 15.0. The number of benzene rings is 1. The summed E-state index contributed by atoms with van der Waals surface area (Å²) in [6.45, 7) is 7.72. The third-order valence-corrected chi connectivity index (χ3v) is 4.49. The third-order valence-electron chi connectivity index (χ3n) is 4.23. The molecule has 0 radical (unpaired) electrons. The highest BCUT2D eigenvalue weighted by molar-refractivity contribution is 6.30. The minimum Gasteiger partial charge on any atom is -0.444 e. The standard InChI is InChI=1S/C20H28ClN3O4/c1-20(2,3)28-19(27)22-10-9-17(25)23-11-4-12-24(14-13-23)18(26)15-5-7-16(21)8-6-15/h5-8H,4,9-14H2,1-3H3,(H,22,27). The van der Waals surface area contributed by atoms with Gasteiger partial charge in [-0.1, -0.05) is 11.6 Å². The number of hydrogen-bond donors (Lipinski definition) is 1. The molecular weight excluding hydrogens is 382 g/mol. The molecule has 0 unspecified atom stereocenters. The van der Waals surface area contributed by atoms with Crippen LogP contribution < -0.4 is 5.32 Å². The molecule has 0 atom stereocenters. The van der Waals surface area contributed by atoms with Crippen molar-refractivity contribution in [3.05, 3.63) is 34.9 Å². The number of carbonyl (C=O) groups excluding carboxylic acids is 3. The van der Waals surface area contributed by atoms with E-state index in [1.807, 2.05) is 0 Å². The topological polar surface area (TPSA) is 79.0 Å². The highest BCUT2D eigenvalue weighted by Crippen LogP contribution is 2.14. The van der Waals surface area contributed by atoms with E-state index >= 15 is 0 Å². The van der Waals surface area contributed by atoms with E-state index in [0.29, 0.717) is 43.2 Å². The minimum atomic E-state index is -0.570. The van der Waals surface area contributed by atoms with Gasteiger partial charge in [-0.05, 0) is 51.5 Å². The maximum atomic E-state index is 12.6. The van der Waals surface area contributed by atoms with Gasteiger partial charge in [0.2, 0.25) is 5.91 Å². The molecule has 0 aliphatic carbocycles. The van der Waals surface area contributed by atoms with E-state index in [4.69, 9.17) is 16.3 Å². The molecule has 1 saturated heterocycles. The average molecular weight is 410 g/mol. The summed E-state index contributed by atoms with van der Waals surface area (Å²) >= 11 is 5.87. The van der Waals surface area contributed by atoms with E-state index < -0.39 is 11.7 Å². The molecule has 1 fully saturated rings. The minimum absolute atomic E-state index is 0.0446. The van der Waals surface area contributed by atoms with E-state index in [2.05, 4.69) is 5.32 Å². The zero-order chi connectivity index (χ0) is 20.7. The van der Waals surface area contributed by atoms with Crippen molar-refractivity contribution in [2.45, 2.75) is 39.2 Å². The van der Waals surface area contributed by atoms with Crippen LogP contribution >= 0.6 is 11.6 Å². The maximum absolute atomic E-state index is 12.6. The Bertz CT molecular complexity index is 700. The summed E-state index contributed by atoms with van der Waals surface area (Å²) in [6.07, 6.45) is 0.380. The van der Waals surface area contributed by atoms with Gasteiger partial charge in [0, 0.05) is 49.7 Å². The number of amides is 3. The summed E-state index contributed by atoms with van der Waals surface area (Å²) in [5, 5.41) is 3.18. The average Bonchev–Trinajstić information content (AvgIpc) is 2.86. The number of rotatable bonds is 4. The molecular formula is C20H28ClN3O4. The van der Waals surface area contributed by atoms with Crippen LogP contribution in [0.2, 0.25) is 5.02 Å². The molecule has 1 aromatic rings. The molecule has 28 heavy (non-hydrogen) atoms. The number of nitrogens with zero attached hydrogens (tertiary/aromatic N) is 2. The van der Waals surface area contributed by atoms with Crippen LogP contribution in [-0.2, 0) is 9.53 Å². The first-order chi connectivity index (χ1) is 13.2. The Balaban J connectivity index is 1.79. The molecule has 1 aliphatic heterocycles. The van der Waals surface area contributed by atoms with Crippen LogP contribution in [0.4, 0.5) is 4.79 Å². The van der Waals surface area contributed by atoms with Crippen LogP contribution in [0.3, 0.4) is 0 Å². The van der Waals surface area contributed by atoms with Crippen molar-refractivity contribution in [2.24, 2.45) is 0 Å². The van der Waals surface area contributed by atoms with E-state index in [-0.39, 0.29) is 24.8 Å². The van der Waals surface area contributed by atoms with Crippen LogP contribution in [0.5, 0.6) is 0 Å². The lowest BCUT2D eigenvalue weighted by Crippen LogP contribution is -2.39. The van der Waals surface area contributed by atoms with Crippen molar-refractivity contribution in [3.63, 3.8) is 0 Å². The molecule has 0 saturated carbocycles. The fraction of sp³-hybridized carbons (Fsp3) is 0.550. The van der Waals surface area contributed by atoms with Crippen LogP contribution in [0.25, 0.3) is 0 Å². The van der Waals surface area contributed by atoms with E-state index in [1.165, 1.54) is 0 Å². The summed E-state index contributed by atoms with van der Waals surface area (Å²) in [5.74, 6) is -0.102. The van der Waals surface area contributed by atoms with Crippen LogP contribution in [0, 0.1) is 0 Å². The van der Waals surface area contributed by atoms with Crippen LogP contribution in [0.15, 0.2) is 24.3 Å². The quantitative estimate of drug-likeness (QED) is 0.829. The lowest BCUT2D eigenvalue weighted by molar-refractivity contribution is -0.130. The van der Waals surface area contributed by atoms with Crippen molar-refractivity contribution in [1.29, 1.82) is 0 Å². The zero-order valence-electron chi connectivity index (χ0n) is 16.7. The SMILES string of the molecule is CC(C)(C)OC(=O)NCCC(=O)N1CCCN(C(=O)c2ccc(Cl)cc2)CC1. The Morgan fingerprint density at radius 3 is 2.29 bits per heavy atom. The number of hydrogen-bond acceptors (Lipinski definition) is 4. The molecule has 154 valence electrons. The second-order valence-corrected chi connectivity index (χ2v) is 8.15. The Morgan fingerprint density at radius 2 is 1.64 bits per heavy atom. The molecule has 7 nitrogen and oxygen atoms in total. The molecule has 8 heteroatoms. The van der Waals surface area contributed by atoms with Crippen LogP contribution in [-0.4, -0.2) is 66.0 Å². The number of alkyl carbamates (subject to hydrolysis) is 1. The molecule has 1 aliphatic rings. The van der Waals surface area contributed by atoms with Gasteiger partial charge in [-0.25, -0.2) is 4.79 Å². The number of carbonyl (C=O) groups is 3. The highest BCUT2D eigenvalue weighted by atomic mass is 35.5.